The summed E-state index contributed by atoms with van der Waals surface area (Å²) in [6.45, 7) is 3.07. The van der Waals surface area contributed by atoms with Gasteiger partial charge in [-0.25, -0.2) is 8.42 Å². The van der Waals surface area contributed by atoms with Crippen LogP contribution in [-0.4, -0.2) is 43.1 Å². The van der Waals surface area contributed by atoms with Crippen LogP contribution in [0.15, 0.2) is 23.1 Å². The molecule has 5 nitrogen and oxygen atoms in total. The average Bonchev–Trinajstić information content (AvgIpc) is 2.94. The van der Waals surface area contributed by atoms with E-state index in [0.29, 0.717) is 17.9 Å². The van der Waals surface area contributed by atoms with E-state index >= 15 is 0 Å². The normalized spacial score (nSPS) is 27.3. The fourth-order valence-electron chi connectivity index (χ4n) is 2.69. The highest BCUT2D eigenvalue weighted by Gasteiger charge is 2.38. The Morgan fingerprint density at radius 2 is 2.21 bits per heavy atom. The molecule has 0 radical (unpaired) electrons. The van der Waals surface area contributed by atoms with Crippen molar-refractivity contribution in [3.05, 3.63) is 23.8 Å². The number of hydrogen-bond donors (Lipinski definition) is 2. The zero-order valence-electron chi connectivity index (χ0n) is 10.9. The Labute approximate surface area is 113 Å². The molecule has 0 saturated carbocycles. The topological polar surface area (TPSA) is 69.6 Å². The Hall–Kier alpha value is -1.11. The van der Waals surface area contributed by atoms with Gasteiger partial charge in [-0.3, -0.25) is 0 Å². The van der Waals surface area contributed by atoms with Crippen LogP contribution in [0.3, 0.4) is 0 Å². The molecule has 0 aromatic heterocycles. The molecule has 1 aromatic rings. The molecule has 1 atom stereocenters. The molecular formula is C13H18N2O3S. The lowest BCUT2D eigenvalue weighted by molar-refractivity contribution is 0.0762. The van der Waals surface area contributed by atoms with E-state index in [9.17, 15) is 13.5 Å². The lowest BCUT2D eigenvalue weighted by Crippen LogP contribution is -2.33. The van der Waals surface area contributed by atoms with Crippen LogP contribution in [0.25, 0.3) is 0 Å². The van der Waals surface area contributed by atoms with Gasteiger partial charge in [-0.05, 0) is 37.5 Å². The van der Waals surface area contributed by atoms with E-state index in [1.165, 1.54) is 4.31 Å². The molecule has 0 bridgehead atoms. The third kappa shape index (κ3) is 2.24. The van der Waals surface area contributed by atoms with Gasteiger partial charge in [-0.15, -0.1) is 0 Å². The van der Waals surface area contributed by atoms with Gasteiger partial charge < -0.3 is 10.4 Å². The first-order valence-electron chi connectivity index (χ1n) is 6.48. The number of fused-ring (bicyclic) bond motifs is 1. The highest BCUT2D eigenvalue weighted by molar-refractivity contribution is 7.89. The van der Waals surface area contributed by atoms with Gasteiger partial charge in [0.05, 0.1) is 10.5 Å². The number of β-amino-alcohol motifs (C(OH)–C–C–N with tert-alkyl or cyclic N) is 1. The van der Waals surface area contributed by atoms with Gasteiger partial charge in [0.25, 0.3) is 0 Å². The molecular weight excluding hydrogens is 264 g/mol. The zero-order valence-corrected chi connectivity index (χ0v) is 11.7. The predicted octanol–water partition coefficient (Wildman–Crippen LogP) is 0.800. The summed E-state index contributed by atoms with van der Waals surface area (Å²) in [5, 5.41) is 13.1. The van der Waals surface area contributed by atoms with E-state index < -0.39 is 15.6 Å². The molecule has 1 unspecified atom stereocenters. The Balaban J connectivity index is 1.93. The Bertz CT molecular complexity index is 610. The average molecular weight is 282 g/mol. The van der Waals surface area contributed by atoms with Gasteiger partial charge in [0, 0.05) is 25.3 Å². The van der Waals surface area contributed by atoms with Gasteiger partial charge in [0.15, 0.2) is 0 Å². The SMILES string of the molecule is CC1(O)CCN(S(=O)(=O)c2ccc3c(c2)NCC3)C1. The second-order valence-electron chi connectivity index (χ2n) is 5.58. The summed E-state index contributed by atoms with van der Waals surface area (Å²) in [5.41, 5.74) is 1.15. The van der Waals surface area contributed by atoms with E-state index in [4.69, 9.17) is 0 Å². The smallest absolute Gasteiger partial charge is 0.243 e. The molecule has 1 aromatic carbocycles. The number of nitrogens with one attached hydrogen (secondary N) is 1. The number of nitrogens with zero attached hydrogens (tertiary/aromatic N) is 1. The molecule has 2 aliphatic rings. The molecule has 0 aliphatic carbocycles. The third-order valence-corrected chi connectivity index (χ3v) is 5.69. The van der Waals surface area contributed by atoms with E-state index in [1.807, 2.05) is 6.07 Å². The van der Waals surface area contributed by atoms with Crippen LogP contribution in [0, 0.1) is 0 Å². The summed E-state index contributed by atoms with van der Waals surface area (Å²) in [4.78, 5) is 0.304. The molecule has 2 aliphatic heterocycles. The lowest BCUT2D eigenvalue weighted by atomic mass is 10.1. The highest BCUT2D eigenvalue weighted by Crippen LogP contribution is 2.30. The Kier molecular flexibility index (Phi) is 2.85. The summed E-state index contributed by atoms with van der Waals surface area (Å²) < 4.78 is 26.4. The maximum absolute atomic E-state index is 12.5. The van der Waals surface area contributed by atoms with Crippen LogP contribution >= 0.6 is 0 Å². The van der Waals surface area contributed by atoms with Crippen molar-refractivity contribution in [3.63, 3.8) is 0 Å². The highest BCUT2D eigenvalue weighted by atomic mass is 32.2. The molecule has 2 heterocycles. The summed E-state index contributed by atoms with van der Waals surface area (Å²) in [5.74, 6) is 0. The molecule has 1 fully saturated rings. The van der Waals surface area contributed by atoms with Crippen molar-refractivity contribution >= 4 is 15.7 Å². The van der Waals surface area contributed by atoms with Crippen molar-refractivity contribution in [3.8, 4) is 0 Å². The second kappa shape index (κ2) is 4.19. The first kappa shape index (κ1) is 12.9. The molecule has 0 spiro atoms. The molecule has 3 rings (SSSR count). The van der Waals surface area contributed by atoms with Gasteiger partial charge in [0.2, 0.25) is 10.0 Å². The van der Waals surface area contributed by atoms with Gasteiger partial charge in [-0.1, -0.05) is 6.07 Å². The van der Waals surface area contributed by atoms with Gasteiger partial charge >= 0.3 is 0 Å². The maximum atomic E-state index is 12.5. The molecule has 1 saturated heterocycles. The van der Waals surface area contributed by atoms with Crippen LogP contribution in [0.4, 0.5) is 5.69 Å². The number of hydrogen-bond acceptors (Lipinski definition) is 4. The van der Waals surface area contributed by atoms with Crippen molar-refractivity contribution in [2.75, 3.05) is 25.0 Å². The van der Waals surface area contributed by atoms with Crippen LogP contribution in [0.1, 0.15) is 18.9 Å². The van der Waals surface area contributed by atoms with Crippen LogP contribution in [0.5, 0.6) is 0 Å². The second-order valence-corrected chi connectivity index (χ2v) is 7.52. The first-order valence-corrected chi connectivity index (χ1v) is 7.92. The summed E-state index contributed by atoms with van der Waals surface area (Å²) in [6, 6.07) is 5.23. The Morgan fingerprint density at radius 3 is 2.89 bits per heavy atom. The van der Waals surface area contributed by atoms with E-state index in [0.717, 1.165) is 24.2 Å². The maximum Gasteiger partial charge on any atom is 0.243 e. The molecule has 0 amide bonds. The molecule has 19 heavy (non-hydrogen) atoms. The van der Waals surface area contributed by atoms with Crippen molar-refractivity contribution < 1.29 is 13.5 Å². The van der Waals surface area contributed by atoms with Crippen molar-refractivity contribution in [1.29, 1.82) is 0 Å². The minimum absolute atomic E-state index is 0.167. The van der Waals surface area contributed by atoms with Crippen molar-refractivity contribution in [2.45, 2.75) is 30.3 Å². The van der Waals surface area contributed by atoms with Crippen molar-refractivity contribution in [1.82, 2.24) is 4.31 Å². The molecule has 2 N–H and O–H groups in total. The Morgan fingerprint density at radius 1 is 1.42 bits per heavy atom. The summed E-state index contributed by atoms with van der Waals surface area (Å²) in [7, 11) is -3.50. The number of anilines is 1. The van der Waals surface area contributed by atoms with E-state index in [1.54, 1.807) is 19.1 Å². The largest absolute Gasteiger partial charge is 0.389 e. The standard InChI is InChI=1S/C13H18N2O3S/c1-13(16)5-7-15(9-13)19(17,18)11-3-2-10-4-6-14-12(10)8-11/h2-3,8,14,16H,4-7,9H2,1H3. The van der Waals surface area contributed by atoms with Crippen molar-refractivity contribution in [2.24, 2.45) is 0 Å². The lowest BCUT2D eigenvalue weighted by Gasteiger charge is -2.19. The summed E-state index contributed by atoms with van der Waals surface area (Å²) >= 11 is 0. The monoisotopic (exact) mass is 282 g/mol. The van der Waals surface area contributed by atoms with E-state index in [-0.39, 0.29) is 6.54 Å². The quantitative estimate of drug-likeness (QED) is 0.842. The number of rotatable bonds is 2. The summed E-state index contributed by atoms with van der Waals surface area (Å²) in [6.07, 6.45) is 1.42. The van der Waals surface area contributed by atoms with Crippen LogP contribution in [0.2, 0.25) is 0 Å². The first-order chi connectivity index (χ1) is 8.88. The van der Waals surface area contributed by atoms with Crippen LogP contribution in [-0.2, 0) is 16.4 Å². The fraction of sp³-hybridized carbons (Fsp3) is 0.538. The number of aliphatic hydroxyl groups is 1. The minimum atomic E-state index is -3.50. The predicted molar refractivity (Wildman–Crippen MR) is 72.6 cm³/mol. The van der Waals surface area contributed by atoms with Gasteiger partial charge in [-0.2, -0.15) is 4.31 Å². The van der Waals surface area contributed by atoms with E-state index in [2.05, 4.69) is 5.32 Å². The van der Waals surface area contributed by atoms with Crippen LogP contribution < -0.4 is 5.32 Å². The third-order valence-electron chi connectivity index (χ3n) is 3.85. The molecule has 104 valence electrons. The molecule has 6 heteroatoms. The number of benzene rings is 1. The zero-order chi connectivity index (χ0) is 13.7. The van der Waals surface area contributed by atoms with Gasteiger partial charge in [0.1, 0.15) is 0 Å². The minimum Gasteiger partial charge on any atom is -0.389 e. The fourth-order valence-corrected chi connectivity index (χ4v) is 4.27. The number of sulfonamides is 1.